The van der Waals surface area contributed by atoms with Gasteiger partial charge in [-0.05, 0) is 30.7 Å². The molecule has 1 N–H and O–H groups in total. The van der Waals surface area contributed by atoms with Crippen LogP contribution in [0.15, 0.2) is 43.0 Å². The number of carbonyl (C=O) groups excluding carboxylic acids is 1. The van der Waals surface area contributed by atoms with Gasteiger partial charge in [0, 0.05) is 30.3 Å². The zero-order valence-corrected chi connectivity index (χ0v) is 13.9. The Bertz CT molecular complexity index is 1130. The SMILES string of the molecule is Cc1nn(-c2ccc3nncn3n2)c2c1C(c1cccnc1)CC(=O)N2. The fourth-order valence-electron chi connectivity index (χ4n) is 3.41. The van der Waals surface area contributed by atoms with Crippen molar-refractivity contribution in [3.63, 3.8) is 0 Å². The van der Waals surface area contributed by atoms with Gasteiger partial charge in [0.05, 0.1) is 5.69 Å². The molecule has 26 heavy (non-hydrogen) atoms. The Morgan fingerprint density at radius 1 is 1.23 bits per heavy atom. The van der Waals surface area contributed by atoms with Crippen molar-refractivity contribution in [3.05, 3.63) is 59.8 Å². The number of hydrogen-bond donors (Lipinski definition) is 1. The van der Waals surface area contributed by atoms with Gasteiger partial charge in [-0.2, -0.15) is 14.3 Å². The predicted molar refractivity (Wildman–Crippen MR) is 92.0 cm³/mol. The van der Waals surface area contributed by atoms with Gasteiger partial charge in [0.1, 0.15) is 12.1 Å². The molecule has 0 spiro atoms. The van der Waals surface area contributed by atoms with Crippen LogP contribution in [0.5, 0.6) is 0 Å². The normalized spacial score (nSPS) is 16.5. The first-order valence-corrected chi connectivity index (χ1v) is 8.17. The standard InChI is InChI=1S/C17H14N8O/c1-10-16-12(11-3-2-6-18-8-11)7-15(26)20-17(16)25(22-10)14-5-4-13-21-19-9-24(13)23-14/h2-6,8-9,12H,7H2,1H3,(H,20,26). The average Bonchev–Trinajstić information content (AvgIpc) is 3.25. The zero-order chi connectivity index (χ0) is 17.7. The monoisotopic (exact) mass is 346 g/mol. The smallest absolute Gasteiger partial charge is 0.226 e. The molecule has 1 amide bonds. The second kappa shape index (κ2) is 5.45. The van der Waals surface area contributed by atoms with Crippen LogP contribution in [-0.2, 0) is 4.79 Å². The fourth-order valence-corrected chi connectivity index (χ4v) is 3.41. The molecule has 9 heteroatoms. The van der Waals surface area contributed by atoms with Crippen LogP contribution in [0, 0.1) is 6.92 Å². The maximum Gasteiger partial charge on any atom is 0.226 e. The van der Waals surface area contributed by atoms with Crippen LogP contribution in [0.25, 0.3) is 11.5 Å². The van der Waals surface area contributed by atoms with E-state index in [4.69, 9.17) is 0 Å². The summed E-state index contributed by atoms with van der Waals surface area (Å²) in [5.74, 6) is 1.08. The molecule has 1 atom stereocenters. The van der Waals surface area contributed by atoms with Crippen LogP contribution in [0.1, 0.15) is 29.2 Å². The Morgan fingerprint density at radius 3 is 3.00 bits per heavy atom. The lowest BCUT2D eigenvalue weighted by Gasteiger charge is -2.23. The van der Waals surface area contributed by atoms with E-state index in [0.717, 1.165) is 16.8 Å². The number of aromatic nitrogens is 7. The van der Waals surface area contributed by atoms with E-state index in [2.05, 4.69) is 30.7 Å². The van der Waals surface area contributed by atoms with Gasteiger partial charge in [-0.25, -0.2) is 0 Å². The molecule has 0 aliphatic carbocycles. The Morgan fingerprint density at radius 2 is 2.15 bits per heavy atom. The molecular weight excluding hydrogens is 332 g/mol. The molecule has 0 radical (unpaired) electrons. The minimum Gasteiger partial charge on any atom is -0.310 e. The molecule has 4 aromatic rings. The van der Waals surface area contributed by atoms with Crippen molar-refractivity contribution in [1.29, 1.82) is 0 Å². The van der Waals surface area contributed by atoms with E-state index in [1.807, 2.05) is 25.1 Å². The number of pyridine rings is 1. The number of hydrogen-bond acceptors (Lipinski definition) is 6. The first-order valence-electron chi connectivity index (χ1n) is 8.17. The van der Waals surface area contributed by atoms with E-state index in [1.165, 1.54) is 6.33 Å². The largest absolute Gasteiger partial charge is 0.310 e. The van der Waals surface area contributed by atoms with Gasteiger partial charge >= 0.3 is 0 Å². The first-order chi connectivity index (χ1) is 12.7. The van der Waals surface area contributed by atoms with Crippen molar-refractivity contribution >= 4 is 17.4 Å². The Labute approximate surface area is 147 Å². The zero-order valence-electron chi connectivity index (χ0n) is 13.9. The summed E-state index contributed by atoms with van der Waals surface area (Å²) < 4.78 is 3.23. The van der Waals surface area contributed by atoms with Crippen LogP contribution in [0.2, 0.25) is 0 Å². The molecule has 1 aliphatic heterocycles. The highest BCUT2D eigenvalue weighted by molar-refractivity contribution is 5.95. The van der Waals surface area contributed by atoms with Crippen LogP contribution < -0.4 is 5.32 Å². The molecule has 5 rings (SSSR count). The number of nitrogens with zero attached hydrogens (tertiary/aromatic N) is 7. The Hall–Kier alpha value is -3.62. The van der Waals surface area contributed by atoms with Gasteiger partial charge < -0.3 is 5.32 Å². The average molecular weight is 346 g/mol. The van der Waals surface area contributed by atoms with Crippen LogP contribution in [0.3, 0.4) is 0 Å². The highest BCUT2D eigenvalue weighted by atomic mass is 16.1. The molecule has 4 aromatic heterocycles. The minimum atomic E-state index is -0.0835. The molecule has 0 aromatic carbocycles. The number of amides is 1. The van der Waals surface area contributed by atoms with Crippen molar-refractivity contribution in [1.82, 2.24) is 34.6 Å². The summed E-state index contributed by atoms with van der Waals surface area (Å²) in [6.45, 7) is 1.94. The molecular formula is C17H14N8O. The summed E-state index contributed by atoms with van der Waals surface area (Å²) in [7, 11) is 0. The van der Waals surface area contributed by atoms with Gasteiger partial charge in [0.2, 0.25) is 5.91 Å². The van der Waals surface area contributed by atoms with Crippen molar-refractivity contribution in [3.8, 4) is 5.82 Å². The van der Waals surface area contributed by atoms with E-state index < -0.39 is 0 Å². The lowest BCUT2D eigenvalue weighted by molar-refractivity contribution is -0.116. The number of nitrogens with one attached hydrogen (secondary N) is 1. The minimum absolute atomic E-state index is 0.0575. The molecule has 128 valence electrons. The molecule has 5 heterocycles. The summed E-state index contributed by atoms with van der Waals surface area (Å²) in [4.78, 5) is 16.5. The van der Waals surface area contributed by atoms with Crippen LogP contribution in [0.4, 0.5) is 5.82 Å². The molecule has 9 nitrogen and oxygen atoms in total. The van der Waals surface area contributed by atoms with E-state index >= 15 is 0 Å². The second-order valence-corrected chi connectivity index (χ2v) is 6.18. The quantitative estimate of drug-likeness (QED) is 0.590. The number of fused-ring (bicyclic) bond motifs is 2. The first kappa shape index (κ1) is 14.7. The van der Waals surface area contributed by atoms with E-state index in [0.29, 0.717) is 23.7 Å². The number of aryl methyl sites for hydroxylation is 1. The number of rotatable bonds is 2. The summed E-state index contributed by atoms with van der Waals surface area (Å²) in [6.07, 6.45) is 5.41. The summed E-state index contributed by atoms with van der Waals surface area (Å²) in [6, 6.07) is 7.47. The topological polar surface area (TPSA) is 103 Å². The molecule has 1 aliphatic rings. The fraction of sp³-hybridized carbons (Fsp3) is 0.176. The van der Waals surface area contributed by atoms with E-state index in [-0.39, 0.29) is 11.8 Å². The molecule has 0 bridgehead atoms. The second-order valence-electron chi connectivity index (χ2n) is 6.18. The number of anilines is 1. The van der Waals surface area contributed by atoms with Gasteiger partial charge in [-0.1, -0.05) is 6.07 Å². The predicted octanol–water partition coefficient (Wildman–Crippen LogP) is 1.49. The third kappa shape index (κ3) is 2.17. The van der Waals surface area contributed by atoms with Crippen LogP contribution in [-0.4, -0.2) is 40.5 Å². The van der Waals surface area contributed by atoms with Gasteiger partial charge in [-0.15, -0.1) is 15.3 Å². The molecule has 0 fully saturated rings. The third-order valence-electron chi connectivity index (χ3n) is 4.55. The lowest BCUT2D eigenvalue weighted by atomic mass is 9.87. The lowest BCUT2D eigenvalue weighted by Crippen LogP contribution is -2.25. The van der Waals surface area contributed by atoms with E-state index in [1.54, 1.807) is 27.7 Å². The Balaban J connectivity index is 1.69. The molecule has 0 saturated carbocycles. The van der Waals surface area contributed by atoms with Gasteiger partial charge in [0.15, 0.2) is 11.5 Å². The Kier molecular flexibility index (Phi) is 3.08. The van der Waals surface area contributed by atoms with Crippen molar-refractivity contribution in [2.75, 3.05) is 5.32 Å². The highest BCUT2D eigenvalue weighted by Gasteiger charge is 2.33. The number of carbonyl (C=O) groups is 1. The van der Waals surface area contributed by atoms with Crippen molar-refractivity contribution in [2.45, 2.75) is 19.3 Å². The maximum atomic E-state index is 12.4. The van der Waals surface area contributed by atoms with Crippen molar-refractivity contribution in [2.24, 2.45) is 0 Å². The van der Waals surface area contributed by atoms with Crippen LogP contribution >= 0.6 is 0 Å². The molecule has 0 saturated heterocycles. The summed E-state index contributed by atoms with van der Waals surface area (Å²) in [5.41, 5.74) is 3.47. The summed E-state index contributed by atoms with van der Waals surface area (Å²) in [5, 5.41) is 19.8. The molecule has 1 unspecified atom stereocenters. The van der Waals surface area contributed by atoms with Gasteiger partial charge in [-0.3, -0.25) is 9.78 Å². The highest BCUT2D eigenvalue weighted by Crippen LogP contribution is 2.39. The van der Waals surface area contributed by atoms with Gasteiger partial charge in [0.25, 0.3) is 0 Å². The summed E-state index contributed by atoms with van der Waals surface area (Å²) >= 11 is 0. The van der Waals surface area contributed by atoms with Crippen molar-refractivity contribution < 1.29 is 4.79 Å². The third-order valence-corrected chi connectivity index (χ3v) is 4.55. The maximum absolute atomic E-state index is 12.4. The van der Waals surface area contributed by atoms with E-state index in [9.17, 15) is 4.79 Å².